The summed E-state index contributed by atoms with van der Waals surface area (Å²) in [5.41, 5.74) is 1.56. The SMILES string of the molecule is O=C(CCc1nc(-c2ccccc2)no1)NCc1cn2c(n1)C(=O)N(CC1CC1)CC2. The lowest BCUT2D eigenvalue weighted by Gasteiger charge is -2.27. The molecular weight excluding hydrogens is 396 g/mol. The van der Waals surface area contributed by atoms with Gasteiger partial charge in [-0.15, -0.1) is 0 Å². The molecule has 1 aliphatic heterocycles. The fourth-order valence-corrected chi connectivity index (χ4v) is 3.71. The van der Waals surface area contributed by atoms with Crippen LogP contribution in [0.25, 0.3) is 11.4 Å². The molecule has 0 atom stereocenters. The predicted octanol–water partition coefficient (Wildman–Crippen LogP) is 2.05. The molecule has 2 aliphatic rings. The summed E-state index contributed by atoms with van der Waals surface area (Å²) in [6.07, 6.45) is 4.88. The number of benzene rings is 1. The number of nitrogens with zero attached hydrogens (tertiary/aromatic N) is 5. The Kier molecular flexibility index (Phi) is 5.23. The van der Waals surface area contributed by atoms with Crippen molar-refractivity contribution in [2.24, 2.45) is 5.92 Å². The Morgan fingerprint density at radius 1 is 1.16 bits per heavy atom. The first-order valence-electron chi connectivity index (χ1n) is 10.7. The molecule has 0 spiro atoms. The monoisotopic (exact) mass is 420 g/mol. The third-order valence-electron chi connectivity index (χ3n) is 5.62. The van der Waals surface area contributed by atoms with E-state index < -0.39 is 0 Å². The molecule has 1 fully saturated rings. The van der Waals surface area contributed by atoms with Crippen LogP contribution in [0.4, 0.5) is 0 Å². The summed E-state index contributed by atoms with van der Waals surface area (Å²) in [5, 5.41) is 6.82. The van der Waals surface area contributed by atoms with Crippen molar-refractivity contribution in [3.63, 3.8) is 0 Å². The zero-order valence-corrected chi connectivity index (χ0v) is 17.2. The third-order valence-corrected chi connectivity index (χ3v) is 5.62. The van der Waals surface area contributed by atoms with Crippen LogP contribution in [0.15, 0.2) is 41.1 Å². The van der Waals surface area contributed by atoms with E-state index in [0.717, 1.165) is 25.2 Å². The van der Waals surface area contributed by atoms with Crippen LogP contribution in [-0.4, -0.2) is 49.5 Å². The number of aryl methyl sites for hydroxylation is 1. The van der Waals surface area contributed by atoms with Crippen LogP contribution in [0, 0.1) is 5.92 Å². The minimum absolute atomic E-state index is 0.0126. The lowest BCUT2D eigenvalue weighted by molar-refractivity contribution is -0.121. The largest absolute Gasteiger partial charge is 0.350 e. The van der Waals surface area contributed by atoms with Crippen molar-refractivity contribution < 1.29 is 14.1 Å². The van der Waals surface area contributed by atoms with E-state index in [1.807, 2.05) is 46.0 Å². The minimum Gasteiger partial charge on any atom is -0.350 e. The number of nitrogens with one attached hydrogen (secondary N) is 1. The number of carbonyl (C=O) groups is 2. The molecule has 9 nitrogen and oxygen atoms in total. The van der Waals surface area contributed by atoms with Crippen molar-refractivity contribution in [3.8, 4) is 11.4 Å². The van der Waals surface area contributed by atoms with Crippen LogP contribution >= 0.6 is 0 Å². The van der Waals surface area contributed by atoms with E-state index in [1.165, 1.54) is 12.8 Å². The van der Waals surface area contributed by atoms with Gasteiger partial charge in [0, 0.05) is 44.2 Å². The lowest BCUT2D eigenvalue weighted by atomic mass is 10.2. The van der Waals surface area contributed by atoms with Crippen molar-refractivity contribution in [1.29, 1.82) is 0 Å². The topological polar surface area (TPSA) is 106 Å². The minimum atomic E-state index is -0.132. The molecular formula is C22H24N6O3. The summed E-state index contributed by atoms with van der Waals surface area (Å²) < 4.78 is 7.13. The Morgan fingerprint density at radius 3 is 2.81 bits per heavy atom. The number of amides is 2. The van der Waals surface area contributed by atoms with Gasteiger partial charge in [0.15, 0.2) is 5.82 Å². The normalized spacial score (nSPS) is 15.7. The van der Waals surface area contributed by atoms with Gasteiger partial charge in [-0.25, -0.2) is 4.98 Å². The quantitative estimate of drug-likeness (QED) is 0.598. The highest BCUT2D eigenvalue weighted by Crippen LogP contribution is 2.30. The summed E-state index contributed by atoms with van der Waals surface area (Å²) in [6, 6.07) is 9.55. The summed E-state index contributed by atoms with van der Waals surface area (Å²) in [6.45, 7) is 2.59. The molecule has 0 radical (unpaired) electrons. The second-order valence-corrected chi connectivity index (χ2v) is 8.10. The fraction of sp³-hybridized carbons (Fsp3) is 0.409. The van der Waals surface area contributed by atoms with E-state index in [4.69, 9.17) is 4.52 Å². The molecule has 31 heavy (non-hydrogen) atoms. The number of fused-ring (bicyclic) bond motifs is 1. The summed E-state index contributed by atoms with van der Waals surface area (Å²) >= 11 is 0. The van der Waals surface area contributed by atoms with Gasteiger partial charge in [-0.2, -0.15) is 4.98 Å². The number of imidazole rings is 1. The first kappa shape index (κ1) is 19.5. The average molecular weight is 420 g/mol. The highest BCUT2D eigenvalue weighted by molar-refractivity contribution is 5.91. The molecule has 1 N–H and O–H groups in total. The second kappa shape index (κ2) is 8.33. The maximum absolute atomic E-state index is 12.6. The Morgan fingerprint density at radius 2 is 2.00 bits per heavy atom. The van der Waals surface area contributed by atoms with Gasteiger partial charge in [0.2, 0.25) is 17.6 Å². The van der Waals surface area contributed by atoms with E-state index in [-0.39, 0.29) is 24.8 Å². The fourth-order valence-electron chi connectivity index (χ4n) is 3.71. The molecule has 1 aromatic carbocycles. The highest BCUT2D eigenvalue weighted by atomic mass is 16.5. The number of aromatic nitrogens is 4. The summed E-state index contributed by atoms with van der Waals surface area (Å²) in [7, 11) is 0. The molecule has 1 saturated carbocycles. The van der Waals surface area contributed by atoms with Crippen LogP contribution in [0.2, 0.25) is 0 Å². The molecule has 160 valence electrons. The van der Waals surface area contributed by atoms with Gasteiger partial charge in [0.1, 0.15) is 0 Å². The van der Waals surface area contributed by atoms with Gasteiger partial charge >= 0.3 is 0 Å². The standard InChI is InChI=1S/C22H24N6O3/c29-18(8-9-19-25-20(26-31-19)16-4-2-1-3-5-16)23-12-17-14-27-10-11-28(13-15-6-7-15)22(30)21(27)24-17/h1-5,14-15H,6-13H2,(H,23,29). The summed E-state index contributed by atoms with van der Waals surface area (Å²) in [4.78, 5) is 35.6. The molecule has 9 heteroatoms. The van der Waals surface area contributed by atoms with Crippen molar-refractivity contribution in [3.05, 3.63) is 53.9 Å². The molecule has 5 rings (SSSR count). The Bertz CT molecular complexity index is 1090. The maximum atomic E-state index is 12.6. The number of hydrogen-bond donors (Lipinski definition) is 1. The van der Waals surface area contributed by atoms with Crippen LogP contribution in [0.3, 0.4) is 0 Å². The molecule has 2 aromatic heterocycles. The van der Waals surface area contributed by atoms with Crippen LogP contribution in [-0.2, 0) is 24.3 Å². The predicted molar refractivity (Wildman–Crippen MR) is 111 cm³/mol. The van der Waals surface area contributed by atoms with Crippen LogP contribution in [0.5, 0.6) is 0 Å². The summed E-state index contributed by atoms with van der Waals surface area (Å²) in [5.74, 6) is 1.92. The molecule has 3 heterocycles. The molecule has 0 saturated heterocycles. The van der Waals surface area contributed by atoms with E-state index in [0.29, 0.717) is 35.6 Å². The zero-order valence-electron chi connectivity index (χ0n) is 17.2. The van der Waals surface area contributed by atoms with Gasteiger partial charge in [0.05, 0.1) is 12.2 Å². The van der Waals surface area contributed by atoms with Gasteiger partial charge in [-0.05, 0) is 18.8 Å². The van der Waals surface area contributed by atoms with Gasteiger partial charge in [-0.1, -0.05) is 35.5 Å². The molecule has 2 amide bonds. The van der Waals surface area contributed by atoms with Gasteiger partial charge in [-0.3, -0.25) is 9.59 Å². The average Bonchev–Trinajstić information content (AvgIpc) is 3.31. The van der Waals surface area contributed by atoms with Crippen molar-refractivity contribution >= 4 is 11.8 Å². The van der Waals surface area contributed by atoms with Gasteiger partial charge in [0.25, 0.3) is 5.91 Å². The number of hydrogen-bond acceptors (Lipinski definition) is 6. The van der Waals surface area contributed by atoms with Gasteiger partial charge < -0.3 is 19.3 Å². The van der Waals surface area contributed by atoms with E-state index >= 15 is 0 Å². The van der Waals surface area contributed by atoms with E-state index in [2.05, 4.69) is 20.4 Å². The van der Waals surface area contributed by atoms with E-state index in [1.54, 1.807) is 0 Å². The second-order valence-electron chi connectivity index (χ2n) is 8.10. The van der Waals surface area contributed by atoms with E-state index in [9.17, 15) is 9.59 Å². The van der Waals surface area contributed by atoms with Crippen molar-refractivity contribution in [2.75, 3.05) is 13.1 Å². The first-order valence-corrected chi connectivity index (χ1v) is 10.7. The number of rotatable bonds is 8. The highest BCUT2D eigenvalue weighted by Gasteiger charge is 2.31. The van der Waals surface area contributed by atoms with Crippen molar-refractivity contribution in [2.45, 2.75) is 38.8 Å². The Balaban J connectivity index is 1.11. The zero-order chi connectivity index (χ0) is 21.2. The molecule has 0 unspecified atom stereocenters. The van der Waals surface area contributed by atoms with Crippen LogP contribution < -0.4 is 5.32 Å². The number of carbonyl (C=O) groups excluding carboxylic acids is 2. The Labute approximate surface area is 179 Å². The Hall–Kier alpha value is -3.49. The maximum Gasteiger partial charge on any atom is 0.289 e. The molecule has 3 aromatic rings. The smallest absolute Gasteiger partial charge is 0.289 e. The van der Waals surface area contributed by atoms with Crippen molar-refractivity contribution in [1.82, 2.24) is 29.9 Å². The lowest BCUT2D eigenvalue weighted by Crippen LogP contribution is -2.41. The third kappa shape index (κ3) is 4.50. The first-order chi connectivity index (χ1) is 15.2. The molecule has 0 bridgehead atoms. The molecule has 1 aliphatic carbocycles. The van der Waals surface area contributed by atoms with Crippen LogP contribution in [0.1, 0.15) is 41.5 Å².